The minimum Gasteiger partial charge on any atom is -0.508 e. The first-order valence-corrected chi connectivity index (χ1v) is 16.0. The van der Waals surface area contributed by atoms with Gasteiger partial charge in [0.1, 0.15) is 5.75 Å². The van der Waals surface area contributed by atoms with Crippen molar-refractivity contribution in [1.29, 1.82) is 0 Å². The zero-order valence-electron chi connectivity index (χ0n) is 24.5. The Kier molecular flexibility index (Phi) is 10.4. The monoisotopic (exact) mass is 618 g/mol. The third-order valence-corrected chi connectivity index (χ3v) is 9.06. The molecule has 10 heteroatoms. The normalized spacial score (nSPS) is 19.6. The van der Waals surface area contributed by atoms with E-state index in [9.17, 15) is 23.7 Å². The first-order chi connectivity index (χ1) is 21.2. The average molecular weight is 619 g/mol. The van der Waals surface area contributed by atoms with Crippen molar-refractivity contribution in [2.24, 2.45) is 0 Å². The molecule has 9 nitrogen and oxygen atoms in total. The van der Waals surface area contributed by atoms with E-state index >= 15 is 0 Å². The smallest absolute Gasteiger partial charge is 0.240 e. The van der Waals surface area contributed by atoms with Crippen molar-refractivity contribution in [3.8, 4) is 5.75 Å². The molecule has 44 heavy (non-hydrogen) atoms. The number of hydrogen-bond donors (Lipinski definition) is 4. The van der Waals surface area contributed by atoms with Crippen molar-refractivity contribution in [2.45, 2.75) is 49.1 Å². The van der Waals surface area contributed by atoms with Gasteiger partial charge >= 0.3 is 0 Å². The lowest BCUT2D eigenvalue weighted by atomic mass is 9.99. The molecule has 1 fully saturated rings. The van der Waals surface area contributed by atoms with Gasteiger partial charge < -0.3 is 29.7 Å². The number of rotatable bonds is 12. The van der Waals surface area contributed by atoms with Crippen LogP contribution in [0.3, 0.4) is 0 Å². The molecule has 0 aliphatic carbocycles. The van der Waals surface area contributed by atoms with Gasteiger partial charge in [0.05, 0.1) is 29.8 Å². The van der Waals surface area contributed by atoms with E-state index in [1.165, 1.54) is 0 Å². The molecule has 1 heterocycles. The highest BCUT2D eigenvalue weighted by molar-refractivity contribution is 7.89. The first-order valence-electron chi connectivity index (χ1n) is 14.5. The lowest BCUT2D eigenvalue weighted by Crippen LogP contribution is -2.39. The third-order valence-electron chi connectivity index (χ3n) is 7.64. The Morgan fingerprint density at radius 3 is 2.25 bits per heavy atom. The molecule has 0 radical (unpaired) electrons. The summed E-state index contributed by atoms with van der Waals surface area (Å²) in [5, 5.41) is 30.0. The highest BCUT2D eigenvalue weighted by atomic mass is 32.2. The lowest BCUT2D eigenvalue weighted by molar-refractivity contribution is -0.252. The summed E-state index contributed by atoms with van der Waals surface area (Å²) < 4.78 is 40.7. The van der Waals surface area contributed by atoms with Gasteiger partial charge in [-0.2, -0.15) is 0 Å². The Morgan fingerprint density at radius 2 is 1.57 bits per heavy atom. The van der Waals surface area contributed by atoms with Crippen molar-refractivity contribution in [3.63, 3.8) is 0 Å². The van der Waals surface area contributed by atoms with Crippen LogP contribution in [0.5, 0.6) is 5.75 Å². The van der Waals surface area contributed by atoms with Gasteiger partial charge in [0, 0.05) is 31.6 Å². The summed E-state index contributed by atoms with van der Waals surface area (Å²) in [4.78, 5) is 2.21. The number of phenolic OH excluding ortho intramolecular Hbond substituents is 1. The maximum Gasteiger partial charge on any atom is 0.240 e. The Labute approximate surface area is 258 Å². The molecule has 4 aromatic carbocycles. The number of phenols is 1. The average Bonchev–Trinajstić information content (AvgIpc) is 3.04. The quantitative estimate of drug-likeness (QED) is 0.182. The van der Waals surface area contributed by atoms with Crippen LogP contribution >= 0.6 is 0 Å². The fourth-order valence-corrected chi connectivity index (χ4v) is 6.28. The second-order valence-corrected chi connectivity index (χ2v) is 12.8. The Bertz CT molecular complexity index is 1600. The number of aliphatic hydroxyl groups excluding tert-OH is 2. The fourth-order valence-electron chi connectivity index (χ4n) is 5.24. The molecule has 0 aromatic heterocycles. The summed E-state index contributed by atoms with van der Waals surface area (Å²) >= 11 is 0. The largest absolute Gasteiger partial charge is 0.508 e. The Balaban J connectivity index is 1.28. The summed E-state index contributed by atoms with van der Waals surface area (Å²) in [7, 11) is -1.72. The zero-order valence-corrected chi connectivity index (χ0v) is 25.3. The predicted molar refractivity (Wildman–Crippen MR) is 166 cm³/mol. The molecule has 0 bridgehead atoms. The van der Waals surface area contributed by atoms with E-state index in [0.29, 0.717) is 25.1 Å². The number of sulfonamides is 1. The van der Waals surface area contributed by atoms with E-state index in [0.717, 1.165) is 22.3 Å². The van der Waals surface area contributed by atoms with Gasteiger partial charge in [-0.15, -0.1) is 0 Å². The molecular weight excluding hydrogens is 580 g/mol. The highest BCUT2D eigenvalue weighted by Crippen LogP contribution is 2.38. The molecule has 1 saturated heterocycles. The molecule has 1 aliphatic rings. The number of likely N-dealkylation sites (N-methyl/N-ethyl adjacent to an activating group) is 1. The summed E-state index contributed by atoms with van der Waals surface area (Å²) in [6.45, 7) is 0.970. The minimum absolute atomic E-state index is 0.0413. The van der Waals surface area contributed by atoms with E-state index in [1.807, 2.05) is 60.5 Å². The summed E-state index contributed by atoms with van der Waals surface area (Å²) in [6, 6.07) is 30.0. The third kappa shape index (κ3) is 8.30. The Hall–Kier alpha value is -3.61. The van der Waals surface area contributed by atoms with Crippen LogP contribution < -0.4 is 4.72 Å². The van der Waals surface area contributed by atoms with Crippen molar-refractivity contribution in [2.75, 3.05) is 20.1 Å². The predicted octanol–water partition coefficient (Wildman–Crippen LogP) is 4.57. The van der Waals surface area contributed by atoms with Crippen LogP contribution in [0.1, 0.15) is 52.7 Å². The van der Waals surface area contributed by atoms with Gasteiger partial charge in [-0.05, 0) is 53.6 Å². The number of aliphatic hydroxyl groups is 2. The molecule has 1 unspecified atom stereocenters. The van der Waals surface area contributed by atoms with Gasteiger partial charge in [0.25, 0.3) is 0 Å². The van der Waals surface area contributed by atoms with Gasteiger partial charge in [-0.25, -0.2) is 13.1 Å². The maximum atomic E-state index is 12.6. The number of nitrogens with zero attached hydrogens (tertiary/aromatic N) is 1. The molecule has 4 N–H and O–H groups in total. The van der Waals surface area contributed by atoms with E-state index in [2.05, 4.69) is 4.72 Å². The van der Waals surface area contributed by atoms with Gasteiger partial charge in [-0.1, -0.05) is 78.9 Å². The number of aromatic hydroxyl groups is 1. The van der Waals surface area contributed by atoms with Crippen LogP contribution in [0.4, 0.5) is 0 Å². The Morgan fingerprint density at radius 1 is 0.886 bits per heavy atom. The molecular formula is C34H38N2O7S. The SMILES string of the molecule is CN(C[C@@H]1C[C@H](c2ccc(CO)cc2)OC(c2ccc(CNS(=O)(=O)c3ccccc3)cc2)O1)C[C@@H](O)c1cccc(O)c1. The fraction of sp³-hybridized carbons (Fsp3) is 0.294. The highest BCUT2D eigenvalue weighted by Gasteiger charge is 2.33. The van der Waals surface area contributed by atoms with Crippen LogP contribution in [0, 0.1) is 0 Å². The van der Waals surface area contributed by atoms with Crippen LogP contribution in [0.2, 0.25) is 0 Å². The molecule has 4 aromatic rings. The second-order valence-electron chi connectivity index (χ2n) is 11.1. The molecule has 0 spiro atoms. The van der Waals surface area contributed by atoms with Gasteiger partial charge in [0.15, 0.2) is 6.29 Å². The van der Waals surface area contributed by atoms with Crippen LogP contribution in [0.15, 0.2) is 108 Å². The van der Waals surface area contributed by atoms with Crippen molar-refractivity contribution in [1.82, 2.24) is 9.62 Å². The molecule has 0 amide bonds. The van der Waals surface area contributed by atoms with Crippen LogP contribution in [-0.4, -0.2) is 54.9 Å². The van der Waals surface area contributed by atoms with Crippen molar-refractivity contribution < 1.29 is 33.2 Å². The van der Waals surface area contributed by atoms with Crippen molar-refractivity contribution in [3.05, 3.63) is 131 Å². The molecule has 1 aliphatic heterocycles. The van der Waals surface area contributed by atoms with E-state index in [1.54, 1.807) is 54.6 Å². The molecule has 232 valence electrons. The minimum atomic E-state index is -3.63. The van der Waals surface area contributed by atoms with E-state index in [4.69, 9.17) is 9.47 Å². The lowest BCUT2D eigenvalue weighted by Gasteiger charge is -2.38. The summed E-state index contributed by atoms with van der Waals surface area (Å²) in [5.74, 6) is 0.106. The van der Waals surface area contributed by atoms with Gasteiger partial charge in [-0.3, -0.25) is 0 Å². The van der Waals surface area contributed by atoms with Crippen LogP contribution in [0.25, 0.3) is 0 Å². The first kappa shape index (κ1) is 31.8. The topological polar surface area (TPSA) is 129 Å². The standard InChI is InChI=1S/C34H38N2O7S/c1-36(22-32(39)28-6-5-7-29(38)18-28)21-30-19-33(26-14-12-25(23-37)13-15-26)43-34(42-30)27-16-10-24(11-17-27)20-35-44(40,41)31-8-3-2-4-9-31/h2-18,30,32-35,37-39H,19-23H2,1H3/t30-,32+,33+,34?/m0/s1. The second kappa shape index (κ2) is 14.4. The number of hydrogen-bond acceptors (Lipinski definition) is 8. The van der Waals surface area contributed by atoms with E-state index < -0.39 is 22.4 Å². The summed E-state index contributed by atoms with van der Waals surface area (Å²) in [5.41, 5.74) is 4.00. The number of ether oxygens (including phenoxy) is 2. The number of nitrogens with one attached hydrogen (secondary N) is 1. The molecule has 4 atom stereocenters. The van der Waals surface area contributed by atoms with E-state index in [-0.39, 0.29) is 36.0 Å². The zero-order chi connectivity index (χ0) is 31.1. The molecule has 0 saturated carbocycles. The number of benzene rings is 4. The summed E-state index contributed by atoms with van der Waals surface area (Å²) in [6.07, 6.45) is -1.36. The van der Waals surface area contributed by atoms with Gasteiger partial charge in [0.2, 0.25) is 10.0 Å². The van der Waals surface area contributed by atoms with Crippen molar-refractivity contribution >= 4 is 10.0 Å². The maximum absolute atomic E-state index is 12.6. The molecule has 5 rings (SSSR count). The van der Waals surface area contributed by atoms with Crippen LogP contribution in [-0.2, 0) is 32.6 Å².